The molecule has 1 heterocycles. The van der Waals surface area contributed by atoms with Crippen molar-refractivity contribution in [1.82, 2.24) is 0 Å². The second-order valence-electron chi connectivity index (χ2n) is 2.19. The van der Waals surface area contributed by atoms with Crippen LogP contribution >= 0.6 is 0 Å². The number of esters is 1. The van der Waals surface area contributed by atoms with Gasteiger partial charge in [-0.2, -0.15) is 0 Å². The summed E-state index contributed by atoms with van der Waals surface area (Å²) >= 11 is 0. The highest BCUT2D eigenvalue weighted by Crippen LogP contribution is 2.08. The molecule has 0 N–H and O–H groups in total. The zero-order chi connectivity index (χ0) is 10.7. The molecule has 0 spiro atoms. The second kappa shape index (κ2) is 11.0. The Morgan fingerprint density at radius 1 is 1.54 bits per heavy atom. The molecule has 1 aliphatic rings. The van der Waals surface area contributed by atoms with Gasteiger partial charge in [0.1, 0.15) is 0 Å². The van der Waals surface area contributed by atoms with E-state index in [2.05, 4.69) is 24.8 Å². The minimum Gasteiger partial charge on any atom is -0.462 e. The van der Waals surface area contributed by atoms with Crippen LogP contribution in [0.5, 0.6) is 0 Å². The number of ether oxygens (including phenoxy) is 1. The second-order valence-corrected chi connectivity index (χ2v) is 2.19. The number of allylic oxidation sites excluding steroid dienone is 1. The predicted molar refractivity (Wildman–Crippen MR) is 56.6 cm³/mol. The van der Waals surface area contributed by atoms with Gasteiger partial charge in [0.2, 0.25) is 0 Å². The lowest BCUT2D eigenvalue weighted by atomic mass is 10.3. The normalized spacial score (nSPS) is 13.2. The van der Waals surface area contributed by atoms with Gasteiger partial charge < -0.3 is 4.74 Å². The minimum absolute atomic E-state index is 0.236. The number of rotatable bonds is 1. The predicted octanol–water partition coefficient (Wildman–Crippen LogP) is 3.10. The molecule has 0 saturated carbocycles. The van der Waals surface area contributed by atoms with Gasteiger partial charge in [0.05, 0.1) is 6.61 Å². The SMILES string of the molecule is C=C1CCOC1=O.C=CCC.CC. The van der Waals surface area contributed by atoms with E-state index in [1.54, 1.807) is 0 Å². The number of carbonyl (C=O) groups excluding carboxylic acids is 1. The Hall–Kier alpha value is -1.05. The first-order valence-corrected chi connectivity index (χ1v) is 4.68. The van der Waals surface area contributed by atoms with Crippen LogP contribution in [0.1, 0.15) is 33.6 Å². The summed E-state index contributed by atoms with van der Waals surface area (Å²) in [5.41, 5.74) is 0.597. The summed E-state index contributed by atoms with van der Waals surface area (Å²) in [7, 11) is 0. The van der Waals surface area contributed by atoms with Crippen LogP contribution < -0.4 is 0 Å². The molecular formula is C11H20O2. The van der Waals surface area contributed by atoms with E-state index in [9.17, 15) is 4.79 Å². The fraction of sp³-hybridized carbons (Fsp3) is 0.545. The summed E-state index contributed by atoms with van der Waals surface area (Å²) < 4.78 is 4.53. The summed E-state index contributed by atoms with van der Waals surface area (Å²) in [6.45, 7) is 13.5. The molecule has 2 heteroatoms. The number of carbonyl (C=O) groups is 1. The lowest BCUT2D eigenvalue weighted by molar-refractivity contribution is -0.135. The van der Waals surface area contributed by atoms with E-state index < -0.39 is 0 Å². The minimum atomic E-state index is -0.236. The number of cyclic esters (lactones) is 1. The van der Waals surface area contributed by atoms with Crippen LogP contribution in [0.4, 0.5) is 0 Å². The fourth-order valence-electron chi connectivity index (χ4n) is 0.471. The standard InChI is InChI=1S/C5H6O2.C4H8.C2H6/c1-4-2-3-7-5(4)6;1-3-4-2;1-2/h1-3H2;3H,1,4H2,2H3;1-2H3. The molecule has 1 fully saturated rings. The maximum absolute atomic E-state index is 10.3. The van der Waals surface area contributed by atoms with Crippen LogP contribution in [0, 0.1) is 0 Å². The molecule has 1 aliphatic heterocycles. The Kier molecular flexibility index (Phi) is 12.2. The Morgan fingerprint density at radius 3 is 2.08 bits per heavy atom. The topological polar surface area (TPSA) is 26.3 Å². The Labute approximate surface area is 81.3 Å². The molecule has 0 radical (unpaired) electrons. The fourth-order valence-corrected chi connectivity index (χ4v) is 0.471. The summed E-state index contributed by atoms with van der Waals surface area (Å²) in [6.07, 6.45) is 3.67. The van der Waals surface area contributed by atoms with E-state index in [0.29, 0.717) is 18.6 Å². The molecular weight excluding hydrogens is 164 g/mol. The van der Waals surface area contributed by atoms with Gasteiger partial charge in [0.25, 0.3) is 0 Å². The van der Waals surface area contributed by atoms with E-state index >= 15 is 0 Å². The highest BCUT2D eigenvalue weighted by atomic mass is 16.5. The molecule has 0 aromatic rings. The lowest BCUT2D eigenvalue weighted by Gasteiger charge is -1.82. The van der Waals surface area contributed by atoms with E-state index in [0.717, 1.165) is 6.42 Å². The van der Waals surface area contributed by atoms with E-state index in [1.807, 2.05) is 19.9 Å². The first-order chi connectivity index (χ1) is 6.22. The van der Waals surface area contributed by atoms with Gasteiger partial charge in [0.15, 0.2) is 0 Å². The number of hydrogen-bond donors (Lipinski definition) is 0. The van der Waals surface area contributed by atoms with Crippen LogP contribution in [0.25, 0.3) is 0 Å². The Morgan fingerprint density at radius 2 is 2.00 bits per heavy atom. The van der Waals surface area contributed by atoms with E-state index in [4.69, 9.17) is 0 Å². The maximum atomic E-state index is 10.3. The zero-order valence-corrected chi connectivity index (χ0v) is 8.93. The van der Waals surface area contributed by atoms with Crippen molar-refractivity contribution in [2.45, 2.75) is 33.6 Å². The highest BCUT2D eigenvalue weighted by molar-refractivity contribution is 5.89. The van der Waals surface area contributed by atoms with Crippen molar-refractivity contribution in [2.24, 2.45) is 0 Å². The quantitative estimate of drug-likeness (QED) is 0.355. The molecule has 0 bridgehead atoms. The van der Waals surface area contributed by atoms with E-state index in [-0.39, 0.29) is 5.97 Å². The largest absolute Gasteiger partial charge is 0.462 e. The van der Waals surface area contributed by atoms with Gasteiger partial charge in [-0.1, -0.05) is 33.4 Å². The smallest absolute Gasteiger partial charge is 0.333 e. The summed E-state index contributed by atoms with van der Waals surface area (Å²) in [5.74, 6) is -0.236. The molecule has 0 aromatic carbocycles. The summed E-state index contributed by atoms with van der Waals surface area (Å²) in [5, 5.41) is 0. The molecule has 0 atom stereocenters. The van der Waals surface area contributed by atoms with Gasteiger partial charge in [-0.25, -0.2) is 4.79 Å². The average molecular weight is 184 g/mol. The van der Waals surface area contributed by atoms with Crippen LogP contribution in [-0.2, 0) is 9.53 Å². The molecule has 1 saturated heterocycles. The molecule has 13 heavy (non-hydrogen) atoms. The van der Waals surface area contributed by atoms with Crippen molar-refractivity contribution in [3.8, 4) is 0 Å². The average Bonchev–Trinajstić information content (AvgIpc) is 2.55. The van der Waals surface area contributed by atoms with Crippen molar-refractivity contribution in [3.05, 3.63) is 24.8 Å². The van der Waals surface area contributed by atoms with Crippen LogP contribution in [0.2, 0.25) is 0 Å². The molecule has 1 rings (SSSR count). The molecule has 76 valence electrons. The third kappa shape index (κ3) is 8.86. The molecule has 0 aliphatic carbocycles. The van der Waals surface area contributed by atoms with Crippen molar-refractivity contribution in [2.75, 3.05) is 6.61 Å². The van der Waals surface area contributed by atoms with Crippen LogP contribution in [-0.4, -0.2) is 12.6 Å². The lowest BCUT2D eigenvalue weighted by Crippen LogP contribution is -1.91. The summed E-state index contributed by atoms with van der Waals surface area (Å²) in [6, 6.07) is 0. The maximum Gasteiger partial charge on any atom is 0.333 e. The monoisotopic (exact) mass is 184 g/mol. The Balaban J connectivity index is 0. The first-order valence-electron chi connectivity index (χ1n) is 4.68. The van der Waals surface area contributed by atoms with Crippen molar-refractivity contribution in [3.63, 3.8) is 0 Å². The van der Waals surface area contributed by atoms with Crippen molar-refractivity contribution >= 4 is 5.97 Å². The van der Waals surface area contributed by atoms with Crippen molar-refractivity contribution in [1.29, 1.82) is 0 Å². The molecule has 2 nitrogen and oxygen atoms in total. The van der Waals surface area contributed by atoms with Gasteiger partial charge >= 0.3 is 5.97 Å². The summed E-state index contributed by atoms with van der Waals surface area (Å²) in [4.78, 5) is 10.3. The zero-order valence-electron chi connectivity index (χ0n) is 8.93. The third-order valence-corrected chi connectivity index (χ3v) is 1.21. The van der Waals surface area contributed by atoms with Gasteiger partial charge in [0, 0.05) is 12.0 Å². The van der Waals surface area contributed by atoms with Gasteiger partial charge in [-0.3, -0.25) is 0 Å². The van der Waals surface area contributed by atoms with Gasteiger partial charge in [-0.15, -0.1) is 6.58 Å². The van der Waals surface area contributed by atoms with Crippen LogP contribution in [0.15, 0.2) is 24.8 Å². The molecule has 0 unspecified atom stereocenters. The van der Waals surface area contributed by atoms with Gasteiger partial charge in [-0.05, 0) is 6.42 Å². The van der Waals surface area contributed by atoms with Crippen molar-refractivity contribution < 1.29 is 9.53 Å². The Bertz CT molecular complexity index is 145. The molecule has 0 amide bonds. The van der Waals surface area contributed by atoms with E-state index in [1.165, 1.54) is 0 Å². The third-order valence-electron chi connectivity index (χ3n) is 1.21. The molecule has 0 aromatic heterocycles. The number of hydrogen-bond acceptors (Lipinski definition) is 2. The van der Waals surface area contributed by atoms with Crippen LogP contribution in [0.3, 0.4) is 0 Å². The first kappa shape index (κ1) is 14.5. The highest BCUT2D eigenvalue weighted by Gasteiger charge is 2.14.